The Kier molecular flexibility index (Phi) is 5.97. The summed E-state index contributed by atoms with van der Waals surface area (Å²) < 4.78 is 14.8. The number of hydrogen-bond acceptors (Lipinski definition) is 3. The summed E-state index contributed by atoms with van der Waals surface area (Å²) in [5.41, 5.74) is 4.72. The number of amides is 1. The largest absolute Gasteiger partial charge is 0.325 e. The number of aliphatic imine (C=N–C) groups is 1. The molecule has 0 bridgehead atoms. The van der Waals surface area contributed by atoms with Crippen molar-refractivity contribution in [2.45, 2.75) is 12.5 Å². The Morgan fingerprint density at radius 2 is 1.77 bits per heavy atom. The molecule has 6 heteroatoms. The first-order valence-corrected chi connectivity index (χ1v) is 10.7. The highest BCUT2D eigenvalue weighted by molar-refractivity contribution is 14.1. The molecule has 0 fully saturated rings. The van der Waals surface area contributed by atoms with Crippen molar-refractivity contribution >= 4 is 45.6 Å². The van der Waals surface area contributed by atoms with Gasteiger partial charge in [0.1, 0.15) is 11.7 Å². The monoisotopic (exact) mass is 513 g/mol. The molecule has 0 radical (unpaired) electrons. The summed E-state index contributed by atoms with van der Waals surface area (Å²) in [5, 5.41) is 2.80. The van der Waals surface area contributed by atoms with Crippen LogP contribution in [-0.4, -0.2) is 30.6 Å². The number of anilines is 1. The van der Waals surface area contributed by atoms with Gasteiger partial charge in [0.2, 0.25) is 5.91 Å². The summed E-state index contributed by atoms with van der Waals surface area (Å²) >= 11 is 2.25. The number of benzene rings is 3. The molecule has 30 heavy (non-hydrogen) atoms. The third-order valence-corrected chi connectivity index (χ3v) is 5.66. The van der Waals surface area contributed by atoms with Crippen molar-refractivity contribution in [1.82, 2.24) is 4.90 Å². The Hall–Kier alpha value is -2.58. The topological polar surface area (TPSA) is 44.7 Å². The van der Waals surface area contributed by atoms with Gasteiger partial charge in [0.05, 0.1) is 11.4 Å². The summed E-state index contributed by atoms with van der Waals surface area (Å²) in [6.07, 6.45) is 0. The summed E-state index contributed by atoms with van der Waals surface area (Å²) in [6, 6.07) is 20.3. The zero-order valence-corrected chi connectivity index (χ0v) is 18.9. The molecule has 1 unspecified atom stereocenters. The van der Waals surface area contributed by atoms with Crippen molar-refractivity contribution in [2.75, 3.05) is 19.4 Å². The maximum atomic E-state index is 13.7. The second kappa shape index (κ2) is 8.65. The lowest BCUT2D eigenvalue weighted by atomic mass is 9.90. The van der Waals surface area contributed by atoms with E-state index in [9.17, 15) is 9.18 Å². The Morgan fingerprint density at radius 1 is 1.07 bits per heavy atom. The van der Waals surface area contributed by atoms with Gasteiger partial charge >= 0.3 is 0 Å². The number of halogens is 2. The van der Waals surface area contributed by atoms with Gasteiger partial charge in [-0.3, -0.25) is 9.79 Å². The minimum Gasteiger partial charge on any atom is -0.325 e. The zero-order valence-electron chi connectivity index (χ0n) is 16.7. The summed E-state index contributed by atoms with van der Waals surface area (Å²) in [7, 11) is 4.06. The van der Waals surface area contributed by atoms with Gasteiger partial charge in [0.25, 0.3) is 0 Å². The SMILES string of the molecule is CN(C)Cc1ccc(N=C(c2ccc(I)cc2)C2C(=O)Nc3cc(F)ccc32)cc1. The quantitative estimate of drug-likeness (QED) is 0.370. The predicted molar refractivity (Wildman–Crippen MR) is 127 cm³/mol. The second-order valence-corrected chi connectivity index (χ2v) is 8.81. The van der Waals surface area contributed by atoms with Crippen LogP contribution in [0.15, 0.2) is 71.7 Å². The van der Waals surface area contributed by atoms with Crippen LogP contribution in [0.3, 0.4) is 0 Å². The number of nitrogens with zero attached hydrogens (tertiary/aromatic N) is 2. The molecular weight excluding hydrogens is 492 g/mol. The number of hydrogen-bond donors (Lipinski definition) is 1. The average molecular weight is 513 g/mol. The molecule has 0 saturated carbocycles. The van der Waals surface area contributed by atoms with Crippen LogP contribution in [0, 0.1) is 9.39 Å². The van der Waals surface area contributed by atoms with E-state index in [1.54, 1.807) is 6.07 Å². The number of fused-ring (bicyclic) bond motifs is 1. The highest BCUT2D eigenvalue weighted by atomic mass is 127. The van der Waals surface area contributed by atoms with Crippen LogP contribution >= 0.6 is 22.6 Å². The summed E-state index contributed by atoms with van der Waals surface area (Å²) in [4.78, 5) is 19.9. The molecule has 0 aromatic heterocycles. The second-order valence-electron chi connectivity index (χ2n) is 7.56. The van der Waals surface area contributed by atoms with Crippen molar-refractivity contribution in [3.05, 3.63) is 92.8 Å². The van der Waals surface area contributed by atoms with Crippen molar-refractivity contribution in [3.63, 3.8) is 0 Å². The molecule has 3 aromatic carbocycles. The maximum Gasteiger partial charge on any atom is 0.238 e. The van der Waals surface area contributed by atoms with Crippen LogP contribution in [0.25, 0.3) is 0 Å². The van der Waals surface area contributed by atoms with E-state index >= 15 is 0 Å². The molecular formula is C24H21FIN3O. The summed E-state index contributed by atoms with van der Waals surface area (Å²) in [6.45, 7) is 0.845. The fraction of sp³-hybridized carbons (Fsp3) is 0.167. The molecule has 1 aliphatic heterocycles. The van der Waals surface area contributed by atoms with Crippen molar-refractivity contribution < 1.29 is 9.18 Å². The third kappa shape index (κ3) is 4.44. The minimum atomic E-state index is -0.595. The lowest BCUT2D eigenvalue weighted by Gasteiger charge is -2.14. The van der Waals surface area contributed by atoms with Gasteiger partial charge < -0.3 is 10.2 Å². The standard InChI is InChI=1S/C24H21FIN3O/c1-29(2)14-15-3-10-19(11-4-15)27-23(16-5-8-18(26)9-6-16)22-20-12-7-17(25)13-21(20)28-24(22)30/h3-13,22H,14H2,1-2H3,(H,28,30). The van der Waals surface area contributed by atoms with Crippen molar-refractivity contribution in [2.24, 2.45) is 4.99 Å². The molecule has 0 spiro atoms. The van der Waals surface area contributed by atoms with Crippen LogP contribution in [0.4, 0.5) is 15.8 Å². The maximum absolute atomic E-state index is 13.7. The van der Waals surface area contributed by atoms with Gasteiger partial charge in [0, 0.05) is 15.8 Å². The van der Waals surface area contributed by atoms with E-state index in [-0.39, 0.29) is 11.7 Å². The van der Waals surface area contributed by atoms with Crippen LogP contribution in [0.5, 0.6) is 0 Å². The van der Waals surface area contributed by atoms with Crippen LogP contribution in [0.1, 0.15) is 22.6 Å². The van der Waals surface area contributed by atoms with Crippen LogP contribution < -0.4 is 5.32 Å². The smallest absolute Gasteiger partial charge is 0.238 e. The molecule has 1 heterocycles. The highest BCUT2D eigenvalue weighted by Gasteiger charge is 2.35. The molecule has 1 aliphatic rings. The first kappa shape index (κ1) is 20.7. The van der Waals surface area contributed by atoms with E-state index in [0.717, 1.165) is 26.9 Å². The molecule has 152 valence electrons. The fourth-order valence-electron chi connectivity index (χ4n) is 3.60. The van der Waals surface area contributed by atoms with Crippen molar-refractivity contribution in [1.29, 1.82) is 0 Å². The number of nitrogens with one attached hydrogen (secondary N) is 1. The minimum absolute atomic E-state index is 0.197. The van der Waals surface area contributed by atoms with Gasteiger partial charge in [-0.15, -0.1) is 0 Å². The Labute approximate surface area is 189 Å². The molecule has 1 N–H and O–H groups in total. The normalized spacial score (nSPS) is 16.0. The molecule has 1 amide bonds. The van der Waals surface area contributed by atoms with E-state index < -0.39 is 5.92 Å². The Bertz CT molecular complexity index is 1110. The average Bonchev–Trinajstić information content (AvgIpc) is 3.02. The molecule has 4 rings (SSSR count). The molecule has 4 nitrogen and oxygen atoms in total. The van der Waals surface area contributed by atoms with Crippen molar-refractivity contribution in [3.8, 4) is 0 Å². The lowest BCUT2D eigenvalue weighted by molar-refractivity contribution is -0.115. The first-order valence-electron chi connectivity index (χ1n) is 9.59. The predicted octanol–water partition coefficient (Wildman–Crippen LogP) is 5.35. The Balaban J connectivity index is 1.79. The Morgan fingerprint density at radius 3 is 2.43 bits per heavy atom. The number of carbonyl (C=O) groups excluding carboxylic acids is 1. The fourth-order valence-corrected chi connectivity index (χ4v) is 3.96. The van der Waals surface area contributed by atoms with E-state index in [0.29, 0.717) is 11.4 Å². The zero-order chi connectivity index (χ0) is 21.3. The first-order chi connectivity index (χ1) is 14.4. The van der Waals surface area contributed by atoms with E-state index in [1.807, 2.05) is 62.6 Å². The molecule has 0 aliphatic carbocycles. The molecule has 0 saturated heterocycles. The van der Waals surface area contributed by atoms with Gasteiger partial charge in [-0.2, -0.15) is 0 Å². The van der Waals surface area contributed by atoms with Crippen LogP contribution in [0.2, 0.25) is 0 Å². The van der Waals surface area contributed by atoms with Gasteiger partial charge in [0.15, 0.2) is 0 Å². The van der Waals surface area contributed by atoms with Gasteiger partial charge in [-0.25, -0.2) is 4.39 Å². The van der Waals surface area contributed by atoms with Crippen LogP contribution in [-0.2, 0) is 11.3 Å². The van der Waals surface area contributed by atoms with Gasteiger partial charge in [-0.05, 0) is 89.8 Å². The van der Waals surface area contributed by atoms with E-state index in [1.165, 1.54) is 17.7 Å². The number of carbonyl (C=O) groups is 1. The van der Waals surface area contributed by atoms with E-state index in [4.69, 9.17) is 4.99 Å². The number of rotatable bonds is 5. The third-order valence-electron chi connectivity index (χ3n) is 4.94. The van der Waals surface area contributed by atoms with Gasteiger partial charge in [-0.1, -0.05) is 30.3 Å². The highest BCUT2D eigenvalue weighted by Crippen LogP contribution is 2.36. The molecule has 3 aromatic rings. The summed E-state index contributed by atoms with van der Waals surface area (Å²) in [5.74, 6) is -1.17. The lowest BCUT2D eigenvalue weighted by Crippen LogP contribution is -2.22. The molecule has 1 atom stereocenters. The van der Waals surface area contributed by atoms with E-state index in [2.05, 4.69) is 32.8 Å².